The van der Waals surface area contributed by atoms with Crippen LogP contribution in [0.4, 0.5) is 13.2 Å². The zero-order valence-electron chi connectivity index (χ0n) is 14.6. The molecule has 0 aromatic carbocycles. The Labute approximate surface area is 137 Å². The molecule has 0 radical (unpaired) electrons. The molecule has 1 rings (SSSR count). The molecule has 4 nitrogen and oxygen atoms in total. The van der Waals surface area contributed by atoms with Gasteiger partial charge in [-0.2, -0.15) is 13.2 Å². The summed E-state index contributed by atoms with van der Waals surface area (Å²) in [4.78, 5) is 9.98. The van der Waals surface area contributed by atoms with Gasteiger partial charge < -0.3 is 4.43 Å². The molecule has 1 aliphatic carbocycles. The fourth-order valence-corrected chi connectivity index (χ4v) is 4.18. The third kappa shape index (κ3) is 5.17. The van der Waals surface area contributed by atoms with Gasteiger partial charge in [0.15, 0.2) is 8.32 Å². The van der Waals surface area contributed by atoms with Gasteiger partial charge in [-0.25, -0.2) is 0 Å². The van der Waals surface area contributed by atoms with Crippen molar-refractivity contribution in [2.24, 2.45) is 5.92 Å². The molecule has 0 saturated heterocycles. The fraction of sp³-hybridized carbons (Fsp3) is 1.00. The number of halogens is 3. The van der Waals surface area contributed by atoms with Crippen LogP contribution in [0, 0.1) is 16.0 Å². The van der Waals surface area contributed by atoms with Crippen LogP contribution in [0.3, 0.4) is 0 Å². The SMILES string of the molecule is CC(C)(C)[Si](C)(C)O[C@H](C1CCCCC1)[C@@H]([N+](=O)[O-])C(F)(F)F. The topological polar surface area (TPSA) is 52.4 Å². The maximum absolute atomic E-state index is 13.3. The Morgan fingerprint density at radius 1 is 1.13 bits per heavy atom. The molecule has 8 heteroatoms. The molecule has 0 aliphatic heterocycles. The summed E-state index contributed by atoms with van der Waals surface area (Å²) in [6.45, 7) is 9.45. The van der Waals surface area contributed by atoms with E-state index in [-0.39, 0.29) is 5.04 Å². The smallest absolute Gasteiger partial charge is 0.406 e. The highest BCUT2D eigenvalue weighted by molar-refractivity contribution is 6.74. The van der Waals surface area contributed by atoms with Gasteiger partial charge in [0.2, 0.25) is 0 Å². The van der Waals surface area contributed by atoms with Crippen molar-refractivity contribution in [1.82, 2.24) is 0 Å². The maximum atomic E-state index is 13.3. The predicted octanol–water partition coefficient (Wildman–Crippen LogP) is 5.16. The van der Waals surface area contributed by atoms with Crippen LogP contribution in [0.15, 0.2) is 0 Å². The van der Waals surface area contributed by atoms with E-state index in [1.807, 2.05) is 33.9 Å². The van der Waals surface area contributed by atoms with Crippen molar-refractivity contribution in [3.05, 3.63) is 10.1 Å². The lowest BCUT2D eigenvalue weighted by Crippen LogP contribution is -2.56. The van der Waals surface area contributed by atoms with Gasteiger partial charge in [0.05, 0.1) is 0 Å². The molecule has 0 heterocycles. The summed E-state index contributed by atoms with van der Waals surface area (Å²) >= 11 is 0. The Balaban J connectivity index is 3.17. The third-order valence-corrected chi connectivity index (χ3v) is 9.70. The van der Waals surface area contributed by atoms with Crippen molar-refractivity contribution in [3.8, 4) is 0 Å². The van der Waals surface area contributed by atoms with E-state index >= 15 is 0 Å². The van der Waals surface area contributed by atoms with Crippen LogP contribution in [-0.4, -0.2) is 31.6 Å². The van der Waals surface area contributed by atoms with Crippen molar-refractivity contribution in [2.75, 3.05) is 0 Å². The van der Waals surface area contributed by atoms with Gasteiger partial charge in [0.25, 0.3) is 0 Å². The molecule has 2 atom stereocenters. The van der Waals surface area contributed by atoms with Crippen LogP contribution in [-0.2, 0) is 4.43 Å². The average Bonchev–Trinajstić information content (AvgIpc) is 2.35. The van der Waals surface area contributed by atoms with Gasteiger partial charge in [0, 0.05) is 4.92 Å². The number of nitrogens with zero attached hydrogens (tertiary/aromatic N) is 1. The van der Waals surface area contributed by atoms with E-state index in [0.717, 1.165) is 19.3 Å². The van der Waals surface area contributed by atoms with E-state index in [0.29, 0.717) is 12.8 Å². The molecular weight excluding hydrogens is 327 g/mol. The minimum atomic E-state index is -4.89. The second-order valence-corrected chi connectivity index (χ2v) is 12.8. The molecule has 0 aromatic heterocycles. The third-order valence-electron chi connectivity index (χ3n) is 5.23. The highest BCUT2D eigenvalue weighted by Gasteiger charge is 2.59. The van der Waals surface area contributed by atoms with Gasteiger partial charge >= 0.3 is 12.2 Å². The summed E-state index contributed by atoms with van der Waals surface area (Å²) in [5, 5.41) is 10.9. The van der Waals surface area contributed by atoms with E-state index in [2.05, 4.69) is 0 Å². The zero-order valence-corrected chi connectivity index (χ0v) is 15.6. The van der Waals surface area contributed by atoms with Crippen LogP contribution in [0.1, 0.15) is 52.9 Å². The standard InChI is InChI=1S/C15H28F3NO3Si/c1-14(2,3)23(4,5)22-12(11-9-7-6-8-10-11)13(19(20)21)15(16,17)18/h11-13H,6-10H2,1-5H3/t12-,13-/m1/s1. The Bertz CT molecular complexity index is 415. The number of rotatable bonds is 5. The lowest BCUT2D eigenvalue weighted by atomic mass is 9.82. The Kier molecular flexibility index (Phi) is 6.29. The quantitative estimate of drug-likeness (QED) is 0.389. The van der Waals surface area contributed by atoms with Gasteiger partial charge in [0.1, 0.15) is 6.10 Å². The lowest BCUT2D eigenvalue weighted by molar-refractivity contribution is -0.575. The largest absolute Gasteiger partial charge is 0.460 e. The van der Waals surface area contributed by atoms with Crippen molar-refractivity contribution in [2.45, 2.75) is 89.3 Å². The Morgan fingerprint density at radius 3 is 1.96 bits per heavy atom. The number of hydrogen-bond acceptors (Lipinski definition) is 3. The Hall–Kier alpha value is -0.633. The molecule has 136 valence electrons. The summed E-state index contributed by atoms with van der Waals surface area (Å²) in [6, 6.07) is -2.64. The monoisotopic (exact) mass is 355 g/mol. The maximum Gasteiger partial charge on any atom is 0.460 e. The first-order valence-corrected chi connectivity index (χ1v) is 11.1. The summed E-state index contributed by atoms with van der Waals surface area (Å²) in [5.41, 5.74) is 0. The summed E-state index contributed by atoms with van der Waals surface area (Å²) < 4.78 is 46.0. The highest BCUT2D eigenvalue weighted by Crippen LogP contribution is 2.42. The van der Waals surface area contributed by atoms with Gasteiger partial charge in [-0.3, -0.25) is 10.1 Å². The Morgan fingerprint density at radius 2 is 1.61 bits per heavy atom. The number of alkyl halides is 3. The zero-order chi connectivity index (χ0) is 18.1. The van der Waals surface area contributed by atoms with Crippen LogP contribution < -0.4 is 0 Å². The predicted molar refractivity (Wildman–Crippen MR) is 85.5 cm³/mol. The van der Waals surface area contributed by atoms with Crippen molar-refractivity contribution < 1.29 is 22.5 Å². The molecule has 0 unspecified atom stereocenters. The number of nitro groups is 1. The van der Waals surface area contributed by atoms with E-state index in [9.17, 15) is 23.3 Å². The van der Waals surface area contributed by atoms with E-state index in [1.165, 1.54) is 0 Å². The highest BCUT2D eigenvalue weighted by atomic mass is 28.4. The fourth-order valence-electron chi connectivity index (χ4n) is 2.82. The summed E-state index contributed by atoms with van der Waals surface area (Å²) in [7, 11) is -2.54. The molecule has 1 aliphatic rings. The second-order valence-electron chi connectivity index (χ2n) is 8.01. The first-order chi connectivity index (χ1) is 10.3. The average molecular weight is 355 g/mol. The van der Waals surface area contributed by atoms with E-state index in [4.69, 9.17) is 4.43 Å². The first kappa shape index (κ1) is 20.4. The number of hydrogen-bond donors (Lipinski definition) is 0. The molecule has 0 amide bonds. The van der Waals surface area contributed by atoms with Crippen LogP contribution >= 0.6 is 0 Å². The molecular formula is C15H28F3NO3Si. The van der Waals surface area contributed by atoms with Gasteiger partial charge in [-0.15, -0.1) is 0 Å². The second kappa shape index (κ2) is 7.09. The first-order valence-electron chi connectivity index (χ1n) is 8.15. The molecule has 0 bridgehead atoms. The van der Waals surface area contributed by atoms with E-state index in [1.54, 1.807) is 0 Å². The molecule has 0 spiro atoms. The van der Waals surface area contributed by atoms with Crippen LogP contribution in [0.2, 0.25) is 18.1 Å². The molecule has 1 fully saturated rings. The van der Waals surface area contributed by atoms with Gasteiger partial charge in [-0.05, 0) is 36.9 Å². The lowest BCUT2D eigenvalue weighted by Gasteiger charge is -2.42. The normalized spacial score (nSPS) is 21.0. The van der Waals surface area contributed by atoms with Crippen molar-refractivity contribution in [3.63, 3.8) is 0 Å². The minimum Gasteiger partial charge on any atom is -0.406 e. The van der Waals surface area contributed by atoms with Crippen molar-refractivity contribution in [1.29, 1.82) is 0 Å². The van der Waals surface area contributed by atoms with Crippen LogP contribution in [0.25, 0.3) is 0 Å². The molecule has 1 saturated carbocycles. The van der Waals surface area contributed by atoms with Crippen LogP contribution in [0.5, 0.6) is 0 Å². The molecule has 0 N–H and O–H groups in total. The van der Waals surface area contributed by atoms with E-state index < -0.39 is 37.5 Å². The van der Waals surface area contributed by atoms with Crippen molar-refractivity contribution >= 4 is 8.32 Å². The summed E-state index contributed by atoms with van der Waals surface area (Å²) in [5.74, 6) is -0.394. The molecule has 0 aromatic rings. The minimum absolute atomic E-state index is 0.299. The summed E-state index contributed by atoms with van der Waals surface area (Å²) in [6.07, 6.45) is -2.55. The van der Waals surface area contributed by atoms with Gasteiger partial charge in [-0.1, -0.05) is 40.0 Å². The molecule has 23 heavy (non-hydrogen) atoms.